The number of aromatic amines is 1. The quantitative estimate of drug-likeness (QED) is 0.783. The lowest BCUT2D eigenvalue weighted by atomic mass is 10.1. The fraction of sp³-hybridized carbons (Fsp3) is 0.389. The first kappa shape index (κ1) is 18.5. The summed E-state index contributed by atoms with van der Waals surface area (Å²) >= 11 is 0. The molecule has 1 aromatic carbocycles. The van der Waals surface area contributed by atoms with Crippen molar-refractivity contribution < 1.29 is 14.3 Å². The molecular formula is C18H23N3O4. The van der Waals surface area contributed by atoms with Gasteiger partial charge in [-0.1, -0.05) is 0 Å². The average Bonchev–Trinajstić information content (AvgIpc) is 2.52. The van der Waals surface area contributed by atoms with Gasteiger partial charge in [0.15, 0.2) is 0 Å². The molecule has 0 fully saturated rings. The summed E-state index contributed by atoms with van der Waals surface area (Å²) in [5, 5.41) is 5.71. The molecule has 0 saturated heterocycles. The number of fused-ring (bicyclic) bond motifs is 1. The van der Waals surface area contributed by atoms with Crippen LogP contribution in [0.2, 0.25) is 0 Å². The number of nitrogens with one attached hydrogen (secondary N) is 3. The lowest BCUT2D eigenvalue weighted by molar-refractivity contribution is -0.124. The smallest absolute Gasteiger partial charge is 0.257 e. The van der Waals surface area contributed by atoms with E-state index >= 15 is 0 Å². The summed E-state index contributed by atoms with van der Waals surface area (Å²) in [5.74, 6) is -0.314. The molecular weight excluding hydrogens is 322 g/mol. The van der Waals surface area contributed by atoms with Crippen LogP contribution in [0, 0.1) is 0 Å². The summed E-state index contributed by atoms with van der Waals surface area (Å²) < 4.78 is 5.11. The van der Waals surface area contributed by atoms with Crippen molar-refractivity contribution in [2.75, 3.05) is 7.11 Å². The lowest BCUT2D eigenvalue weighted by Gasteiger charge is -2.23. The zero-order valence-electron chi connectivity index (χ0n) is 15.0. The van der Waals surface area contributed by atoms with E-state index in [1.165, 1.54) is 13.3 Å². The number of aromatic nitrogens is 1. The number of carbonyl (C=O) groups is 2. The molecule has 0 spiro atoms. The van der Waals surface area contributed by atoms with E-state index in [9.17, 15) is 14.4 Å². The van der Waals surface area contributed by atoms with Crippen molar-refractivity contribution in [2.45, 2.75) is 39.3 Å². The van der Waals surface area contributed by atoms with Gasteiger partial charge < -0.3 is 20.4 Å². The van der Waals surface area contributed by atoms with Crippen LogP contribution in [0.3, 0.4) is 0 Å². The molecule has 0 radical (unpaired) electrons. The van der Waals surface area contributed by atoms with Crippen molar-refractivity contribution in [3.8, 4) is 5.75 Å². The molecule has 1 aromatic heterocycles. The van der Waals surface area contributed by atoms with E-state index in [0.717, 1.165) is 0 Å². The Morgan fingerprint density at radius 1 is 1.24 bits per heavy atom. The van der Waals surface area contributed by atoms with Crippen LogP contribution >= 0.6 is 0 Å². The van der Waals surface area contributed by atoms with E-state index in [1.807, 2.05) is 20.8 Å². The SMILES string of the molecule is COc1ccc2c(=O)c(C(=O)NC(C)C(=O)NC(C)(C)C)c[nH]c2c1. The van der Waals surface area contributed by atoms with Gasteiger partial charge in [-0.3, -0.25) is 14.4 Å². The molecule has 7 heteroatoms. The Kier molecular flexibility index (Phi) is 5.15. The molecule has 0 aliphatic rings. The maximum atomic E-state index is 12.5. The lowest BCUT2D eigenvalue weighted by Crippen LogP contribution is -2.51. The molecule has 25 heavy (non-hydrogen) atoms. The largest absolute Gasteiger partial charge is 0.497 e. The van der Waals surface area contributed by atoms with Crippen molar-refractivity contribution in [3.63, 3.8) is 0 Å². The third-order valence-electron chi connectivity index (χ3n) is 3.57. The van der Waals surface area contributed by atoms with Crippen LogP contribution in [0.1, 0.15) is 38.1 Å². The van der Waals surface area contributed by atoms with E-state index in [2.05, 4.69) is 15.6 Å². The summed E-state index contributed by atoms with van der Waals surface area (Å²) in [6.07, 6.45) is 1.34. The van der Waals surface area contributed by atoms with E-state index < -0.39 is 22.9 Å². The highest BCUT2D eigenvalue weighted by Crippen LogP contribution is 2.16. The van der Waals surface area contributed by atoms with Crippen molar-refractivity contribution in [1.29, 1.82) is 0 Å². The molecule has 0 aliphatic heterocycles. The molecule has 2 aromatic rings. The topological polar surface area (TPSA) is 100 Å². The normalized spacial score (nSPS) is 12.5. The van der Waals surface area contributed by atoms with Gasteiger partial charge in [0.05, 0.1) is 12.6 Å². The van der Waals surface area contributed by atoms with Gasteiger partial charge in [-0.05, 0) is 39.8 Å². The first-order chi connectivity index (χ1) is 11.6. The molecule has 3 N–H and O–H groups in total. The van der Waals surface area contributed by atoms with E-state index in [1.54, 1.807) is 25.1 Å². The zero-order chi connectivity index (χ0) is 18.8. The number of H-pyrrole nitrogens is 1. The molecule has 2 amide bonds. The van der Waals surface area contributed by atoms with Crippen LogP contribution in [-0.2, 0) is 4.79 Å². The van der Waals surface area contributed by atoms with E-state index in [4.69, 9.17) is 4.74 Å². The molecule has 1 atom stereocenters. The summed E-state index contributed by atoms with van der Waals surface area (Å²) in [5.41, 5.74) is -0.292. The number of amides is 2. The fourth-order valence-corrected chi connectivity index (χ4v) is 2.31. The van der Waals surface area contributed by atoms with Gasteiger partial charge in [-0.2, -0.15) is 0 Å². The van der Waals surface area contributed by atoms with Gasteiger partial charge in [0.2, 0.25) is 11.3 Å². The van der Waals surface area contributed by atoms with Gasteiger partial charge in [-0.25, -0.2) is 0 Å². The number of hydrogen-bond donors (Lipinski definition) is 3. The van der Waals surface area contributed by atoms with Gasteiger partial charge >= 0.3 is 0 Å². The Balaban J connectivity index is 2.23. The van der Waals surface area contributed by atoms with Crippen LogP contribution in [-0.4, -0.2) is 35.5 Å². The minimum Gasteiger partial charge on any atom is -0.497 e. The third-order valence-corrected chi connectivity index (χ3v) is 3.57. The Morgan fingerprint density at radius 2 is 1.92 bits per heavy atom. The average molecular weight is 345 g/mol. The molecule has 7 nitrogen and oxygen atoms in total. The Hall–Kier alpha value is -2.83. The highest BCUT2D eigenvalue weighted by Gasteiger charge is 2.22. The number of benzene rings is 1. The standard InChI is InChI=1S/C18H23N3O4/c1-10(16(23)21-18(2,3)4)20-17(24)13-9-19-14-8-11(25-5)6-7-12(14)15(13)22/h6-10H,1-5H3,(H,19,22)(H,20,24)(H,21,23). The third kappa shape index (κ3) is 4.37. The van der Waals surface area contributed by atoms with Crippen LogP contribution in [0.5, 0.6) is 5.75 Å². The number of carbonyl (C=O) groups excluding carboxylic acids is 2. The van der Waals surface area contributed by atoms with E-state index in [0.29, 0.717) is 16.7 Å². The first-order valence-electron chi connectivity index (χ1n) is 7.94. The zero-order valence-corrected chi connectivity index (χ0v) is 15.0. The molecule has 1 unspecified atom stereocenters. The summed E-state index contributed by atoms with van der Waals surface area (Å²) in [6, 6.07) is 4.16. The van der Waals surface area contributed by atoms with Crippen LogP contribution in [0.25, 0.3) is 10.9 Å². The van der Waals surface area contributed by atoms with Crippen LogP contribution < -0.4 is 20.8 Å². The summed E-state index contributed by atoms with van der Waals surface area (Å²) in [4.78, 5) is 39.9. The molecule has 1 heterocycles. The first-order valence-corrected chi connectivity index (χ1v) is 7.94. The van der Waals surface area contributed by atoms with Gasteiger partial charge in [0.1, 0.15) is 17.4 Å². The van der Waals surface area contributed by atoms with Crippen LogP contribution in [0.15, 0.2) is 29.2 Å². The van der Waals surface area contributed by atoms with Crippen molar-refractivity contribution in [2.24, 2.45) is 0 Å². The monoisotopic (exact) mass is 345 g/mol. The van der Waals surface area contributed by atoms with Crippen molar-refractivity contribution in [1.82, 2.24) is 15.6 Å². The Bertz CT molecular complexity index is 865. The minimum atomic E-state index is -0.766. The minimum absolute atomic E-state index is 0.0481. The molecule has 0 saturated carbocycles. The maximum Gasteiger partial charge on any atom is 0.257 e. The summed E-state index contributed by atoms with van der Waals surface area (Å²) in [7, 11) is 1.53. The van der Waals surface area contributed by atoms with Crippen molar-refractivity contribution in [3.05, 3.63) is 40.2 Å². The predicted molar refractivity (Wildman–Crippen MR) is 95.9 cm³/mol. The number of methoxy groups -OCH3 is 1. The predicted octanol–water partition coefficient (Wildman–Crippen LogP) is 1.57. The molecule has 134 valence electrons. The Morgan fingerprint density at radius 3 is 2.52 bits per heavy atom. The van der Waals surface area contributed by atoms with E-state index in [-0.39, 0.29) is 11.5 Å². The summed E-state index contributed by atoms with van der Waals surface area (Å²) in [6.45, 7) is 7.12. The number of rotatable bonds is 4. The maximum absolute atomic E-state index is 12.5. The number of hydrogen-bond acceptors (Lipinski definition) is 4. The number of pyridine rings is 1. The molecule has 0 aliphatic carbocycles. The van der Waals surface area contributed by atoms with Gasteiger partial charge in [-0.15, -0.1) is 0 Å². The second-order valence-electron chi connectivity index (χ2n) is 6.88. The molecule has 2 rings (SSSR count). The van der Waals surface area contributed by atoms with Crippen LogP contribution in [0.4, 0.5) is 0 Å². The fourth-order valence-electron chi connectivity index (χ4n) is 2.31. The molecule has 0 bridgehead atoms. The second-order valence-corrected chi connectivity index (χ2v) is 6.88. The van der Waals surface area contributed by atoms with Crippen molar-refractivity contribution >= 4 is 22.7 Å². The highest BCUT2D eigenvalue weighted by molar-refractivity contribution is 5.99. The second kappa shape index (κ2) is 6.96. The van der Waals surface area contributed by atoms with Gasteiger partial charge in [0.25, 0.3) is 5.91 Å². The number of ether oxygens (including phenoxy) is 1. The van der Waals surface area contributed by atoms with Gasteiger partial charge in [0, 0.05) is 23.2 Å². The Labute approximate surface area is 145 Å². The highest BCUT2D eigenvalue weighted by atomic mass is 16.5.